The highest BCUT2D eigenvalue weighted by Crippen LogP contribution is 2.28. The number of ether oxygens (including phenoxy) is 2. The molecular formula is C14H17N3O2. The molecular weight excluding hydrogens is 242 g/mol. The maximum Gasteiger partial charge on any atom is 0.161 e. The predicted molar refractivity (Wildman–Crippen MR) is 74.1 cm³/mol. The molecule has 5 heteroatoms. The van der Waals surface area contributed by atoms with Gasteiger partial charge in [0.1, 0.15) is 12.4 Å². The number of aryl methyl sites for hydroxylation is 1. The molecule has 0 unspecified atom stereocenters. The first-order valence-electron chi connectivity index (χ1n) is 5.92. The monoisotopic (exact) mass is 259 g/mol. The van der Waals surface area contributed by atoms with Crippen molar-refractivity contribution in [2.45, 2.75) is 13.5 Å². The van der Waals surface area contributed by atoms with Crippen molar-refractivity contribution in [2.75, 3.05) is 12.5 Å². The first-order valence-corrected chi connectivity index (χ1v) is 5.92. The van der Waals surface area contributed by atoms with E-state index in [9.17, 15) is 0 Å². The topological polar surface area (TPSA) is 69.4 Å². The third-order valence-electron chi connectivity index (χ3n) is 2.69. The summed E-state index contributed by atoms with van der Waals surface area (Å²) in [6.45, 7) is 2.44. The standard InChI is InChI=1S/C14H17N3O2/c1-10-3-5-12(13(7-10)18-2)19-9-11-4-6-14(17-15)16-8-11/h3-8H,9,15H2,1-2H3,(H,16,17). The quantitative estimate of drug-likeness (QED) is 0.636. The van der Waals surface area contributed by atoms with Crippen molar-refractivity contribution in [3.63, 3.8) is 0 Å². The minimum Gasteiger partial charge on any atom is -0.493 e. The summed E-state index contributed by atoms with van der Waals surface area (Å²) >= 11 is 0. The summed E-state index contributed by atoms with van der Waals surface area (Å²) in [5.74, 6) is 7.33. The van der Waals surface area contributed by atoms with E-state index in [-0.39, 0.29) is 0 Å². The van der Waals surface area contributed by atoms with E-state index < -0.39 is 0 Å². The number of rotatable bonds is 5. The fourth-order valence-electron chi connectivity index (χ4n) is 1.65. The molecule has 0 aliphatic heterocycles. The maximum atomic E-state index is 5.73. The van der Waals surface area contributed by atoms with Gasteiger partial charge < -0.3 is 14.9 Å². The molecule has 0 atom stereocenters. The summed E-state index contributed by atoms with van der Waals surface area (Å²) in [6.07, 6.45) is 1.72. The summed E-state index contributed by atoms with van der Waals surface area (Å²) in [7, 11) is 1.63. The van der Waals surface area contributed by atoms with E-state index in [1.165, 1.54) is 0 Å². The molecule has 0 aliphatic rings. The second-order valence-electron chi connectivity index (χ2n) is 4.14. The largest absolute Gasteiger partial charge is 0.493 e. The summed E-state index contributed by atoms with van der Waals surface area (Å²) in [5.41, 5.74) is 4.57. The van der Waals surface area contributed by atoms with Crippen molar-refractivity contribution >= 4 is 5.82 Å². The molecule has 1 heterocycles. The van der Waals surface area contributed by atoms with E-state index in [0.29, 0.717) is 18.2 Å². The Bertz CT molecular complexity index is 541. The number of nitrogens with zero attached hydrogens (tertiary/aromatic N) is 1. The van der Waals surface area contributed by atoms with E-state index in [1.54, 1.807) is 19.4 Å². The normalized spacial score (nSPS) is 10.1. The number of pyridine rings is 1. The third-order valence-corrected chi connectivity index (χ3v) is 2.69. The van der Waals surface area contributed by atoms with Crippen molar-refractivity contribution in [3.05, 3.63) is 47.7 Å². The highest BCUT2D eigenvalue weighted by atomic mass is 16.5. The van der Waals surface area contributed by atoms with Crippen LogP contribution in [0.4, 0.5) is 5.82 Å². The number of benzene rings is 1. The molecule has 2 aromatic rings. The smallest absolute Gasteiger partial charge is 0.161 e. The van der Waals surface area contributed by atoms with Gasteiger partial charge in [0.05, 0.1) is 7.11 Å². The molecule has 100 valence electrons. The molecule has 3 N–H and O–H groups in total. The summed E-state index contributed by atoms with van der Waals surface area (Å²) in [4.78, 5) is 4.12. The van der Waals surface area contributed by atoms with Gasteiger partial charge in [-0.05, 0) is 30.7 Å². The number of methoxy groups -OCH3 is 1. The zero-order valence-corrected chi connectivity index (χ0v) is 11.0. The lowest BCUT2D eigenvalue weighted by molar-refractivity contribution is 0.284. The molecule has 0 bridgehead atoms. The fourth-order valence-corrected chi connectivity index (χ4v) is 1.65. The van der Waals surface area contributed by atoms with E-state index >= 15 is 0 Å². The molecule has 19 heavy (non-hydrogen) atoms. The molecule has 0 radical (unpaired) electrons. The number of nitrogens with two attached hydrogens (primary N) is 1. The minimum absolute atomic E-state index is 0.428. The van der Waals surface area contributed by atoms with Crippen molar-refractivity contribution in [1.82, 2.24) is 4.98 Å². The van der Waals surface area contributed by atoms with Gasteiger partial charge >= 0.3 is 0 Å². The molecule has 5 nitrogen and oxygen atoms in total. The predicted octanol–water partition coefficient (Wildman–Crippen LogP) is 2.26. The van der Waals surface area contributed by atoms with Gasteiger partial charge in [-0.25, -0.2) is 10.8 Å². The molecule has 0 fully saturated rings. The van der Waals surface area contributed by atoms with E-state index in [2.05, 4.69) is 10.4 Å². The van der Waals surface area contributed by atoms with Gasteiger partial charge in [0.2, 0.25) is 0 Å². The lowest BCUT2D eigenvalue weighted by Gasteiger charge is -2.11. The van der Waals surface area contributed by atoms with Gasteiger partial charge in [0.15, 0.2) is 11.5 Å². The number of anilines is 1. The second kappa shape index (κ2) is 6.06. The van der Waals surface area contributed by atoms with Crippen LogP contribution < -0.4 is 20.7 Å². The van der Waals surface area contributed by atoms with Gasteiger partial charge in [0.25, 0.3) is 0 Å². The number of hydrogen-bond donors (Lipinski definition) is 2. The highest BCUT2D eigenvalue weighted by molar-refractivity contribution is 5.42. The van der Waals surface area contributed by atoms with Crippen molar-refractivity contribution in [1.29, 1.82) is 0 Å². The molecule has 0 saturated carbocycles. The second-order valence-corrected chi connectivity index (χ2v) is 4.14. The van der Waals surface area contributed by atoms with E-state index in [1.807, 2.05) is 31.2 Å². The van der Waals surface area contributed by atoms with Crippen LogP contribution >= 0.6 is 0 Å². The van der Waals surface area contributed by atoms with Crippen molar-refractivity contribution < 1.29 is 9.47 Å². The number of hydrazine groups is 1. The van der Waals surface area contributed by atoms with E-state index in [4.69, 9.17) is 15.3 Å². The fraction of sp³-hybridized carbons (Fsp3) is 0.214. The Kier molecular flexibility index (Phi) is 4.20. The average molecular weight is 259 g/mol. The molecule has 2 rings (SSSR count). The van der Waals surface area contributed by atoms with Gasteiger partial charge in [0, 0.05) is 11.8 Å². The Morgan fingerprint density at radius 1 is 1.21 bits per heavy atom. The summed E-state index contributed by atoms with van der Waals surface area (Å²) < 4.78 is 11.0. The van der Waals surface area contributed by atoms with Crippen molar-refractivity contribution in [3.8, 4) is 11.5 Å². The van der Waals surface area contributed by atoms with E-state index in [0.717, 1.165) is 16.9 Å². The van der Waals surface area contributed by atoms with Crippen LogP contribution in [0, 0.1) is 6.92 Å². The first kappa shape index (κ1) is 13.2. The molecule has 0 saturated heterocycles. The Balaban J connectivity index is 2.05. The van der Waals surface area contributed by atoms with Gasteiger partial charge in [-0.3, -0.25) is 0 Å². The number of nitrogen functional groups attached to an aromatic ring is 1. The Labute approximate surface area is 112 Å². The molecule has 0 aliphatic carbocycles. The zero-order chi connectivity index (χ0) is 13.7. The van der Waals surface area contributed by atoms with Gasteiger partial charge in [-0.2, -0.15) is 0 Å². The van der Waals surface area contributed by atoms with Crippen LogP contribution in [-0.4, -0.2) is 12.1 Å². The van der Waals surface area contributed by atoms with Crippen molar-refractivity contribution in [2.24, 2.45) is 5.84 Å². The number of nitrogens with one attached hydrogen (secondary N) is 1. The van der Waals surface area contributed by atoms with Gasteiger partial charge in [-0.1, -0.05) is 12.1 Å². The average Bonchev–Trinajstić information content (AvgIpc) is 2.46. The molecule has 1 aromatic carbocycles. The van der Waals surface area contributed by atoms with Crippen LogP contribution in [0.2, 0.25) is 0 Å². The Hall–Kier alpha value is -2.27. The SMILES string of the molecule is COc1cc(C)ccc1OCc1ccc(NN)nc1. The number of aromatic nitrogens is 1. The van der Waals surface area contributed by atoms with Crippen LogP contribution in [0.25, 0.3) is 0 Å². The lowest BCUT2D eigenvalue weighted by atomic mass is 10.2. The highest BCUT2D eigenvalue weighted by Gasteiger charge is 2.04. The van der Waals surface area contributed by atoms with Crippen LogP contribution in [0.1, 0.15) is 11.1 Å². The first-order chi connectivity index (χ1) is 9.22. The molecule has 0 spiro atoms. The van der Waals surface area contributed by atoms with Crippen LogP contribution in [0.15, 0.2) is 36.5 Å². The Morgan fingerprint density at radius 2 is 2.05 bits per heavy atom. The molecule has 0 amide bonds. The zero-order valence-electron chi connectivity index (χ0n) is 11.0. The van der Waals surface area contributed by atoms with Crippen LogP contribution in [0.5, 0.6) is 11.5 Å². The summed E-state index contributed by atoms with van der Waals surface area (Å²) in [6, 6.07) is 9.53. The lowest BCUT2D eigenvalue weighted by Crippen LogP contribution is -2.08. The third kappa shape index (κ3) is 3.35. The summed E-state index contributed by atoms with van der Waals surface area (Å²) in [5, 5.41) is 0. The minimum atomic E-state index is 0.428. The maximum absolute atomic E-state index is 5.73. The number of hydrogen-bond acceptors (Lipinski definition) is 5. The molecule has 1 aromatic heterocycles. The van der Waals surface area contributed by atoms with Crippen LogP contribution in [-0.2, 0) is 6.61 Å². The van der Waals surface area contributed by atoms with Crippen LogP contribution in [0.3, 0.4) is 0 Å². The van der Waals surface area contributed by atoms with Gasteiger partial charge in [-0.15, -0.1) is 0 Å². The Morgan fingerprint density at radius 3 is 2.68 bits per heavy atom.